The van der Waals surface area contributed by atoms with Crippen LogP contribution in [0.4, 0.5) is 11.6 Å². The van der Waals surface area contributed by atoms with Gasteiger partial charge in [-0.1, -0.05) is 12.1 Å². The monoisotopic (exact) mass is 448 g/mol. The molecule has 2 unspecified atom stereocenters. The van der Waals surface area contributed by atoms with Gasteiger partial charge in [-0.05, 0) is 30.2 Å². The maximum absolute atomic E-state index is 12.6. The topological polar surface area (TPSA) is 85.6 Å². The van der Waals surface area contributed by atoms with Crippen molar-refractivity contribution in [3.63, 3.8) is 0 Å². The Morgan fingerprint density at radius 1 is 1.12 bits per heavy atom. The van der Waals surface area contributed by atoms with Crippen LogP contribution in [0.3, 0.4) is 0 Å². The Morgan fingerprint density at radius 3 is 2.70 bits per heavy atom. The van der Waals surface area contributed by atoms with E-state index in [2.05, 4.69) is 51.1 Å². The number of ether oxygens (including phenoxy) is 2. The maximum atomic E-state index is 12.6. The van der Waals surface area contributed by atoms with Crippen LogP contribution in [-0.4, -0.2) is 65.5 Å². The van der Waals surface area contributed by atoms with Crippen molar-refractivity contribution in [2.24, 2.45) is 7.05 Å². The first-order valence-electron chi connectivity index (χ1n) is 11.2. The quantitative estimate of drug-likeness (QED) is 0.586. The molecule has 2 atom stereocenters. The zero-order chi connectivity index (χ0) is 22.8. The number of nitrogens with zero attached hydrogens (tertiary/aromatic N) is 6. The molecule has 2 saturated heterocycles. The molecule has 2 aliphatic heterocycles. The molecule has 3 aromatic rings. The summed E-state index contributed by atoms with van der Waals surface area (Å²) in [5.74, 6) is 0.613. The van der Waals surface area contributed by atoms with E-state index in [9.17, 15) is 4.79 Å². The fourth-order valence-corrected chi connectivity index (χ4v) is 4.38. The average Bonchev–Trinajstić information content (AvgIpc) is 3.41. The van der Waals surface area contributed by atoms with E-state index in [1.54, 1.807) is 23.9 Å². The SMILES string of the molecule is CN(c1ccc(C2CN(c3nc(-c4ccncn4)cc(=O)n3C)CCO2)cc1)C1CCOC1. The summed E-state index contributed by atoms with van der Waals surface area (Å²) in [5.41, 5.74) is 3.32. The van der Waals surface area contributed by atoms with Crippen molar-refractivity contribution in [3.8, 4) is 11.4 Å². The second-order valence-electron chi connectivity index (χ2n) is 8.46. The van der Waals surface area contributed by atoms with Crippen molar-refractivity contribution >= 4 is 11.6 Å². The third-order valence-electron chi connectivity index (χ3n) is 6.43. The lowest BCUT2D eigenvalue weighted by Gasteiger charge is -2.35. The van der Waals surface area contributed by atoms with Gasteiger partial charge >= 0.3 is 0 Å². The van der Waals surface area contributed by atoms with Crippen molar-refractivity contribution in [2.75, 3.05) is 49.8 Å². The smallest absolute Gasteiger partial charge is 0.255 e. The number of anilines is 2. The molecule has 0 bridgehead atoms. The van der Waals surface area contributed by atoms with Crippen LogP contribution < -0.4 is 15.4 Å². The molecule has 9 nitrogen and oxygen atoms in total. The summed E-state index contributed by atoms with van der Waals surface area (Å²) in [6.07, 6.45) is 4.05. The van der Waals surface area contributed by atoms with Gasteiger partial charge in [0, 0.05) is 45.2 Å². The normalized spacial score (nSPS) is 20.7. The van der Waals surface area contributed by atoms with E-state index in [-0.39, 0.29) is 11.7 Å². The number of benzene rings is 1. The molecule has 4 heterocycles. The maximum Gasteiger partial charge on any atom is 0.255 e. The zero-order valence-corrected chi connectivity index (χ0v) is 18.9. The van der Waals surface area contributed by atoms with E-state index >= 15 is 0 Å². The number of hydrogen-bond donors (Lipinski definition) is 0. The van der Waals surface area contributed by atoms with Crippen LogP contribution in [0.5, 0.6) is 0 Å². The lowest BCUT2D eigenvalue weighted by atomic mass is 10.1. The van der Waals surface area contributed by atoms with Crippen LogP contribution in [0.15, 0.2) is 53.7 Å². The van der Waals surface area contributed by atoms with Crippen molar-refractivity contribution in [3.05, 3.63) is 64.8 Å². The summed E-state index contributed by atoms with van der Waals surface area (Å²) in [4.78, 5) is 30.0. The first kappa shape index (κ1) is 21.5. The molecule has 0 spiro atoms. The fourth-order valence-electron chi connectivity index (χ4n) is 4.38. The third-order valence-corrected chi connectivity index (χ3v) is 6.43. The van der Waals surface area contributed by atoms with E-state index in [1.165, 1.54) is 18.1 Å². The Balaban J connectivity index is 1.36. The molecular weight excluding hydrogens is 420 g/mol. The highest BCUT2D eigenvalue weighted by molar-refractivity contribution is 5.55. The van der Waals surface area contributed by atoms with Gasteiger partial charge in [-0.2, -0.15) is 0 Å². The van der Waals surface area contributed by atoms with E-state index in [0.717, 1.165) is 25.2 Å². The lowest BCUT2D eigenvalue weighted by molar-refractivity contribution is 0.0390. The largest absolute Gasteiger partial charge is 0.379 e. The molecule has 0 aliphatic carbocycles. The average molecular weight is 449 g/mol. The summed E-state index contributed by atoms with van der Waals surface area (Å²) in [7, 11) is 3.86. The van der Waals surface area contributed by atoms with Gasteiger partial charge in [0.25, 0.3) is 5.56 Å². The minimum Gasteiger partial charge on any atom is -0.379 e. The summed E-state index contributed by atoms with van der Waals surface area (Å²) in [5, 5.41) is 0. The van der Waals surface area contributed by atoms with Crippen LogP contribution in [0.25, 0.3) is 11.4 Å². The first-order valence-corrected chi connectivity index (χ1v) is 11.2. The summed E-state index contributed by atoms with van der Waals surface area (Å²) >= 11 is 0. The van der Waals surface area contributed by atoms with Gasteiger partial charge in [-0.3, -0.25) is 9.36 Å². The first-order chi connectivity index (χ1) is 16.1. The predicted octanol–water partition coefficient (Wildman–Crippen LogP) is 2.04. The summed E-state index contributed by atoms with van der Waals surface area (Å²) in [6, 6.07) is 12.2. The van der Waals surface area contributed by atoms with Gasteiger partial charge in [0.2, 0.25) is 5.95 Å². The Labute approximate surface area is 192 Å². The molecule has 0 amide bonds. The Bertz CT molecular complexity index is 1150. The third kappa shape index (κ3) is 4.46. The Kier molecular flexibility index (Phi) is 6.06. The van der Waals surface area contributed by atoms with Crippen LogP contribution in [0, 0.1) is 0 Å². The minimum absolute atomic E-state index is 0.104. The molecule has 172 valence electrons. The predicted molar refractivity (Wildman–Crippen MR) is 125 cm³/mol. The van der Waals surface area contributed by atoms with Crippen molar-refractivity contribution in [2.45, 2.75) is 18.6 Å². The molecule has 1 aromatic carbocycles. The van der Waals surface area contributed by atoms with Crippen LogP contribution in [-0.2, 0) is 16.5 Å². The molecule has 2 aliphatic rings. The Hall–Kier alpha value is -3.30. The molecule has 0 radical (unpaired) electrons. The lowest BCUT2D eigenvalue weighted by Crippen LogP contribution is -2.41. The number of morpholine rings is 1. The number of aromatic nitrogens is 4. The summed E-state index contributed by atoms with van der Waals surface area (Å²) in [6.45, 7) is 3.43. The van der Waals surface area contributed by atoms with E-state index in [1.807, 2.05) is 0 Å². The van der Waals surface area contributed by atoms with Gasteiger partial charge in [-0.25, -0.2) is 15.0 Å². The van der Waals surface area contributed by atoms with Gasteiger partial charge in [0.1, 0.15) is 12.4 Å². The fraction of sp³-hybridized carbons (Fsp3) is 0.417. The number of hydrogen-bond acceptors (Lipinski definition) is 8. The number of likely N-dealkylation sites (N-methyl/N-ethyl adjacent to an activating group) is 1. The Morgan fingerprint density at radius 2 is 1.97 bits per heavy atom. The molecule has 9 heteroatoms. The highest BCUT2D eigenvalue weighted by Gasteiger charge is 2.26. The highest BCUT2D eigenvalue weighted by atomic mass is 16.5. The minimum atomic E-state index is -0.125. The zero-order valence-electron chi connectivity index (χ0n) is 18.9. The standard InChI is InChI=1S/C24H28N6O3/c1-28(19-8-11-32-15-19)18-5-3-17(4-6-18)22-14-30(10-12-33-22)24-27-21(13-23(31)29(24)2)20-7-9-25-16-26-20/h3-7,9,13,16,19,22H,8,10-12,14-15H2,1-2H3. The second-order valence-corrected chi connectivity index (χ2v) is 8.46. The van der Waals surface area contributed by atoms with Crippen molar-refractivity contribution in [1.29, 1.82) is 0 Å². The highest BCUT2D eigenvalue weighted by Crippen LogP contribution is 2.28. The molecule has 33 heavy (non-hydrogen) atoms. The van der Waals surface area contributed by atoms with E-state index < -0.39 is 0 Å². The van der Waals surface area contributed by atoms with Crippen molar-refractivity contribution in [1.82, 2.24) is 19.5 Å². The molecule has 5 rings (SSSR count). The molecule has 2 aromatic heterocycles. The second kappa shape index (κ2) is 9.29. The van der Waals surface area contributed by atoms with Crippen LogP contribution in [0.2, 0.25) is 0 Å². The number of rotatable bonds is 5. The van der Waals surface area contributed by atoms with Gasteiger partial charge in [-0.15, -0.1) is 0 Å². The van der Waals surface area contributed by atoms with Crippen LogP contribution in [0.1, 0.15) is 18.1 Å². The van der Waals surface area contributed by atoms with E-state index in [4.69, 9.17) is 14.5 Å². The molecule has 0 N–H and O–H groups in total. The molecule has 2 fully saturated rings. The van der Waals surface area contributed by atoms with Gasteiger partial charge in [0.15, 0.2) is 0 Å². The van der Waals surface area contributed by atoms with Crippen molar-refractivity contribution < 1.29 is 9.47 Å². The van der Waals surface area contributed by atoms with E-state index in [0.29, 0.717) is 43.1 Å². The van der Waals surface area contributed by atoms with Gasteiger partial charge in [0.05, 0.1) is 37.2 Å². The molecule has 0 saturated carbocycles. The molecular formula is C24H28N6O3. The van der Waals surface area contributed by atoms with Crippen LogP contribution >= 0.6 is 0 Å². The van der Waals surface area contributed by atoms with Gasteiger partial charge < -0.3 is 19.3 Å². The summed E-state index contributed by atoms with van der Waals surface area (Å²) < 4.78 is 13.2.